The summed E-state index contributed by atoms with van der Waals surface area (Å²) in [5, 5.41) is 2.86. The summed E-state index contributed by atoms with van der Waals surface area (Å²) in [6.45, 7) is 3.61. The van der Waals surface area contributed by atoms with Gasteiger partial charge in [0.25, 0.3) is 0 Å². The molecule has 116 valence electrons. The molecule has 1 aromatic heterocycles. The van der Waals surface area contributed by atoms with E-state index in [1.807, 2.05) is 11.0 Å². The van der Waals surface area contributed by atoms with E-state index < -0.39 is 0 Å². The minimum atomic E-state index is -0.308. The Morgan fingerprint density at radius 3 is 2.77 bits per heavy atom. The fraction of sp³-hybridized carbons (Fsp3) is 0.353. The number of fused-ring (bicyclic) bond motifs is 1. The number of hydrogen-bond donors (Lipinski definition) is 1. The molecule has 2 heterocycles. The summed E-state index contributed by atoms with van der Waals surface area (Å²) in [7, 11) is 0. The normalized spacial score (nSPS) is 17.2. The lowest BCUT2D eigenvalue weighted by Gasteiger charge is -2.37. The quantitative estimate of drug-likeness (QED) is 0.913. The molecule has 1 atom stereocenters. The Bertz CT molecular complexity index is 650. The number of carbonyl (C=O) groups is 1. The van der Waals surface area contributed by atoms with Gasteiger partial charge in [-0.05, 0) is 42.8 Å². The second-order valence-corrected chi connectivity index (χ2v) is 5.56. The van der Waals surface area contributed by atoms with Crippen LogP contribution in [0.15, 0.2) is 42.6 Å². The molecule has 1 N–H and O–H groups in total. The van der Waals surface area contributed by atoms with Crippen molar-refractivity contribution in [2.45, 2.75) is 32.4 Å². The lowest BCUT2D eigenvalue weighted by Crippen LogP contribution is -2.44. The van der Waals surface area contributed by atoms with E-state index in [-0.39, 0.29) is 17.9 Å². The van der Waals surface area contributed by atoms with Gasteiger partial charge in [-0.3, -0.25) is 0 Å². The molecule has 1 aromatic carbocycles. The highest BCUT2D eigenvalue weighted by Gasteiger charge is 2.30. The molecule has 5 heteroatoms. The van der Waals surface area contributed by atoms with Crippen LogP contribution in [0.25, 0.3) is 0 Å². The molecule has 0 spiro atoms. The maximum absolute atomic E-state index is 12.9. The van der Waals surface area contributed by atoms with Crippen LogP contribution in [0, 0.1) is 5.82 Å². The number of benzene rings is 1. The lowest BCUT2D eigenvalue weighted by molar-refractivity contribution is 0.163. The van der Waals surface area contributed by atoms with Gasteiger partial charge in [-0.1, -0.05) is 13.3 Å². The number of urea groups is 1. The summed E-state index contributed by atoms with van der Waals surface area (Å²) in [4.78, 5) is 14.5. The zero-order valence-corrected chi connectivity index (χ0v) is 12.6. The zero-order valence-electron chi connectivity index (χ0n) is 12.6. The summed E-state index contributed by atoms with van der Waals surface area (Å²) in [5.74, 6) is -0.308. The molecule has 0 unspecified atom stereocenters. The Morgan fingerprint density at radius 2 is 2.05 bits per heavy atom. The maximum Gasteiger partial charge on any atom is 0.322 e. The first kappa shape index (κ1) is 14.6. The average molecular weight is 301 g/mol. The van der Waals surface area contributed by atoms with Crippen LogP contribution < -0.4 is 5.32 Å². The molecule has 1 aliphatic heterocycles. The van der Waals surface area contributed by atoms with E-state index in [2.05, 4.69) is 29.1 Å². The molecule has 4 nitrogen and oxygen atoms in total. The second-order valence-electron chi connectivity index (χ2n) is 5.56. The third kappa shape index (κ3) is 2.84. The predicted octanol–water partition coefficient (Wildman–Crippen LogP) is 4.02. The molecule has 2 aromatic rings. The summed E-state index contributed by atoms with van der Waals surface area (Å²) in [5.41, 5.74) is 1.80. The number of nitrogens with zero attached hydrogens (tertiary/aromatic N) is 2. The van der Waals surface area contributed by atoms with Gasteiger partial charge >= 0.3 is 6.03 Å². The number of halogens is 1. The number of hydrogen-bond acceptors (Lipinski definition) is 1. The van der Waals surface area contributed by atoms with Gasteiger partial charge in [-0.2, -0.15) is 0 Å². The fourth-order valence-corrected chi connectivity index (χ4v) is 3.01. The average Bonchev–Trinajstić information content (AvgIpc) is 2.99. The van der Waals surface area contributed by atoms with Gasteiger partial charge in [-0.15, -0.1) is 0 Å². The highest BCUT2D eigenvalue weighted by atomic mass is 19.1. The van der Waals surface area contributed by atoms with Crippen molar-refractivity contribution in [2.75, 3.05) is 11.9 Å². The Hall–Kier alpha value is -2.30. The van der Waals surface area contributed by atoms with Crippen molar-refractivity contribution in [3.63, 3.8) is 0 Å². The van der Waals surface area contributed by atoms with Crippen LogP contribution in [0.5, 0.6) is 0 Å². The second kappa shape index (κ2) is 6.22. The fourth-order valence-electron chi connectivity index (χ4n) is 3.01. The van der Waals surface area contributed by atoms with E-state index in [0.29, 0.717) is 12.2 Å². The summed E-state index contributed by atoms with van der Waals surface area (Å²) < 4.78 is 15.2. The molecule has 22 heavy (non-hydrogen) atoms. The first-order valence-electron chi connectivity index (χ1n) is 7.67. The molecular formula is C17H20FN3O. The van der Waals surface area contributed by atoms with Gasteiger partial charge in [-0.25, -0.2) is 9.18 Å². The van der Waals surface area contributed by atoms with Crippen molar-refractivity contribution in [1.82, 2.24) is 9.47 Å². The van der Waals surface area contributed by atoms with Crippen molar-refractivity contribution in [1.29, 1.82) is 0 Å². The number of nitrogens with one attached hydrogen (secondary N) is 1. The molecule has 2 amide bonds. The summed E-state index contributed by atoms with van der Waals surface area (Å²) in [6, 6.07) is 9.92. The van der Waals surface area contributed by atoms with Crippen LogP contribution in [0.2, 0.25) is 0 Å². The van der Waals surface area contributed by atoms with Gasteiger partial charge in [0.15, 0.2) is 0 Å². The molecule has 3 rings (SSSR count). The van der Waals surface area contributed by atoms with E-state index in [0.717, 1.165) is 19.4 Å². The minimum absolute atomic E-state index is 0.0919. The van der Waals surface area contributed by atoms with Crippen molar-refractivity contribution in [3.8, 4) is 0 Å². The Labute approximate surface area is 129 Å². The van der Waals surface area contributed by atoms with Gasteiger partial charge in [0.2, 0.25) is 0 Å². The zero-order chi connectivity index (χ0) is 15.5. The number of carbonyl (C=O) groups excluding carboxylic acids is 1. The van der Waals surface area contributed by atoms with Crippen LogP contribution in [0.1, 0.15) is 31.5 Å². The third-order valence-corrected chi connectivity index (χ3v) is 4.08. The topological polar surface area (TPSA) is 37.3 Å². The highest BCUT2D eigenvalue weighted by molar-refractivity contribution is 5.89. The number of rotatable bonds is 3. The minimum Gasteiger partial charge on any atom is -0.348 e. The standard InChI is InChI=1S/C17H20FN3O/c1-2-4-16-15-5-3-10-20(15)11-12-21(16)17(22)19-14-8-6-13(18)7-9-14/h3,5-10,16H,2,4,11-12H2,1H3,(H,19,22)/t16-/m0/s1. The van der Waals surface area contributed by atoms with E-state index >= 15 is 0 Å². The molecular weight excluding hydrogens is 281 g/mol. The highest BCUT2D eigenvalue weighted by Crippen LogP contribution is 2.30. The lowest BCUT2D eigenvalue weighted by atomic mass is 10.0. The summed E-state index contributed by atoms with van der Waals surface area (Å²) in [6.07, 6.45) is 4.00. The Balaban J connectivity index is 1.77. The maximum atomic E-state index is 12.9. The largest absolute Gasteiger partial charge is 0.348 e. The molecule has 0 fully saturated rings. The first-order chi connectivity index (χ1) is 10.7. The van der Waals surface area contributed by atoms with Crippen LogP contribution >= 0.6 is 0 Å². The van der Waals surface area contributed by atoms with Gasteiger partial charge in [0, 0.05) is 30.7 Å². The number of anilines is 1. The van der Waals surface area contributed by atoms with Gasteiger partial charge in [0.1, 0.15) is 5.82 Å². The molecule has 0 saturated heterocycles. The Morgan fingerprint density at radius 1 is 1.27 bits per heavy atom. The summed E-state index contributed by atoms with van der Waals surface area (Å²) >= 11 is 0. The molecule has 0 saturated carbocycles. The van der Waals surface area contributed by atoms with Crippen molar-refractivity contribution < 1.29 is 9.18 Å². The van der Waals surface area contributed by atoms with E-state index in [9.17, 15) is 9.18 Å². The molecule has 0 radical (unpaired) electrons. The van der Waals surface area contributed by atoms with Crippen LogP contribution in [-0.2, 0) is 6.54 Å². The third-order valence-electron chi connectivity index (χ3n) is 4.08. The van der Waals surface area contributed by atoms with Crippen LogP contribution in [0.3, 0.4) is 0 Å². The monoisotopic (exact) mass is 301 g/mol. The SMILES string of the molecule is CCC[C@H]1c2cccn2CCN1C(=O)Nc1ccc(F)cc1. The molecule has 0 aliphatic carbocycles. The van der Waals surface area contributed by atoms with Crippen molar-refractivity contribution in [2.24, 2.45) is 0 Å². The van der Waals surface area contributed by atoms with E-state index in [1.54, 1.807) is 12.1 Å². The van der Waals surface area contributed by atoms with Crippen molar-refractivity contribution >= 4 is 11.7 Å². The van der Waals surface area contributed by atoms with Crippen molar-refractivity contribution in [3.05, 3.63) is 54.1 Å². The van der Waals surface area contributed by atoms with Crippen LogP contribution in [-0.4, -0.2) is 22.0 Å². The first-order valence-corrected chi connectivity index (χ1v) is 7.67. The van der Waals surface area contributed by atoms with Gasteiger partial charge < -0.3 is 14.8 Å². The smallest absolute Gasteiger partial charge is 0.322 e. The van der Waals surface area contributed by atoms with E-state index in [1.165, 1.54) is 17.8 Å². The molecule has 1 aliphatic rings. The number of aromatic nitrogens is 1. The van der Waals surface area contributed by atoms with E-state index in [4.69, 9.17) is 0 Å². The number of amides is 2. The Kier molecular flexibility index (Phi) is 4.13. The molecule has 0 bridgehead atoms. The van der Waals surface area contributed by atoms with Gasteiger partial charge in [0.05, 0.1) is 6.04 Å². The predicted molar refractivity (Wildman–Crippen MR) is 84.2 cm³/mol. The van der Waals surface area contributed by atoms with Crippen LogP contribution in [0.4, 0.5) is 14.9 Å².